The van der Waals surface area contributed by atoms with Gasteiger partial charge in [-0.15, -0.1) is 0 Å². The fourth-order valence-corrected chi connectivity index (χ4v) is 2.65. The molecular formula is C14H22N2O3Si. The lowest BCUT2D eigenvalue weighted by Crippen LogP contribution is -2.23. The number of rotatable bonds is 6. The van der Waals surface area contributed by atoms with E-state index in [0.717, 1.165) is 17.1 Å². The molecule has 0 amide bonds. The first kappa shape index (κ1) is 15.0. The second-order valence-corrected chi connectivity index (χ2v) is 11.8. The van der Waals surface area contributed by atoms with Crippen molar-refractivity contribution in [2.45, 2.75) is 39.0 Å². The smallest absolute Gasteiger partial charge is 0.408 e. The molecule has 0 aliphatic carbocycles. The largest absolute Gasteiger partial charge is 0.421 e. The summed E-state index contributed by atoms with van der Waals surface area (Å²) in [6, 6.07) is 6.63. The number of fused-ring (bicyclic) bond motifs is 1. The van der Waals surface area contributed by atoms with Crippen molar-refractivity contribution in [2.75, 3.05) is 6.61 Å². The molecule has 0 saturated carbocycles. The molecule has 0 spiro atoms. The third kappa shape index (κ3) is 3.59. The summed E-state index contributed by atoms with van der Waals surface area (Å²) in [4.78, 5) is 11.8. The average molecular weight is 294 g/mol. The minimum Gasteiger partial charge on any atom is -0.408 e. The molecule has 0 bridgehead atoms. The highest BCUT2D eigenvalue weighted by atomic mass is 28.3. The van der Waals surface area contributed by atoms with Crippen LogP contribution in [0.2, 0.25) is 25.7 Å². The van der Waals surface area contributed by atoms with Crippen LogP contribution < -0.4 is 11.5 Å². The minimum atomic E-state index is -1.11. The predicted octanol–water partition coefficient (Wildman–Crippen LogP) is 2.37. The summed E-state index contributed by atoms with van der Waals surface area (Å²) >= 11 is 0. The lowest BCUT2D eigenvalue weighted by Gasteiger charge is -2.15. The number of nitrogens with zero attached hydrogens (tertiary/aromatic N) is 1. The van der Waals surface area contributed by atoms with Gasteiger partial charge in [0.2, 0.25) is 0 Å². The predicted molar refractivity (Wildman–Crippen MR) is 82.5 cm³/mol. The maximum Gasteiger partial charge on any atom is 0.421 e. The van der Waals surface area contributed by atoms with E-state index in [1.54, 1.807) is 6.07 Å². The van der Waals surface area contributed by atoms with E-state index in [1.807, 2.05) is 12.1 Å². The molecule has 20 heavy (non-hydrogen) atoms. The van der Waals surface area contributed by atoms with Crippen LogP contribution in [0.15, 0.2) is 27.4 Å². The Kier molecular flexibility index (Phi) is 4.47. The molecule has 2 aromatic rings. The Morgan fingerprint density at radius 2 is 2.10 bits per heavy atom. The molecule has 0 aliphatic heterocycles. The lowest BCUT2D eigenvalue weighted by molar-refractivity contribution is 0.0850. The summed E-state index contributed by atoms with van der Waals surface area (Å²) in [6.45, 7) is 8.23. The standard InChI is InChI=1S/C14H22N2O3Si/c1-20(2,3)7-6-18-10-16-12-5-4-11(9-15)8-13(12)19-14(16)17/h4-5,8H,6-7,9-10,15H2,1-3H3. The SMILES string of the molecule is C[Si](C)(C)CCOCn1c(=O)oc2cc(CN)ccc21. The monoisotopic (exact) mass is 294 g/mol. The van der Waals surface area contributed by atoms with Crippen LogP contribution in [-0.2, 0) is 18.0 Å². The molecule has 1 aromatic carbocycles. The van der Waals surface area contributed by atoms with Crippen LogP contribution in [0.1, 0.15) is 5.56 Å². The molecule has 2 N–H and O–H groups in total. The summed E-state index contributed by atoms with van der Waals surface area (Å²) in [7, 11) is -1.11. The van der Waals surface area contributed by atoms with Crippen LogP contribution in [0.5, 0.6) is 0 Å². The summed E-state index contributed by atoms with van der Waals surface area (Å²) in [5, 5.41) is 0. The molecule has 0 aliphatic rings. The Bertz CT molecular complexity index is 640. The van der Waals surface area contributed by atoms with Crippen LogP contribution >= 0.6 is 0 Å². The van der Waals surface area contributed by atoms with Gasteiger partial charge in [-0.2, -0.15) is 0 Å². The molecule has 1 heterocycles. The first-order valence-electron chi connectivity index (χ1n) is 6.81. The van der Waals surface area contributed by atoms with Gasteiger partial charge in [0.1, 0.15) is 6.73 Å². The normalized spacial score (nSPS) is 12.2. The van der Waals surface area contributed by atoms with Gasteiger partial charge in [0.15, 0.2) is 5.58 Å². The molecule has 0 fully saturated rings. The number of hydrogen-bond acceptors (Lipinski definition) is 4. The van der Waals surface area contributed by atoms with Crippen molar-refractivity contribution in [3.8, 4) is 0 Å². The van der Waals surface area contributed by atoms with Crippen molar-refractivity contribution in [1.82, 2.24) is 4.57 Å². The first-order chi connectivity index (χ1) is 9.40. The van der Waals surface area contributed by atoms with Crippen molar-refractivity contribution in [3.05, 3.63) is 34.3 Å². The van der Waals surface area contributed by atoms with E-state index < -0.39 is 8.07 Å². The maximum absolute atomic E-state index is 11.8. The Morgan fingerprint density at radius 1 is 1.35 bits per heavy atom. The zero-order valence-electron chi connectivity index (χ0n) is 12.3. The third-order valence-corrected chi connectivity index (χ3v) is 4.89. The van der Waals surface area contributed by atoms with E-state index in [9.17, 15) is 4.79 Å². The van der Waals surface area contributed by atoms with Gasteiger partial charge in [0.05, 0.1) is 5.52 Å². The number of nitrogens with two attached hydrogens (primary N) is 1. The molecule has 6 heteroatoms. The second kappa shape index (κ2) is 5.95. The minimum absolute atomic E-state index is 0.234. The lowest BCUT2D eigenvalue weighted by atomic mass is 10.2. The van der Waals surface area contributed by atoms with E-state index in [0.29, 0.717) is 18.7 Å². The molecule has 110 valence electrons. The Hall–Kier alpha value is -1.37. The van der Waals surface area contributed by atoms with E-state index in [-0.39, 0.29) is 12.5 Å². The highest BCUT2D eigenvalue weighted by Gasteiger charge is 2.13. The van der Waals surface area contributed by atoms with Gasteiger partial charge < -0.3 is 14.9 Å². The molecule has 1 aromatic heterocycles. The second-order valence-electron chi connectivity index (χ2n) is 6.15. The van der Waals surface area contributed by atoms with Crippen molar-refractivity contribution in [2.24, 2.45) is 5.73 Å². The molecule has 2 rings (SSSR count). The van der Waals surface area contributed by atoms with E-state index in [4.69, 9.17) is 14.9 Å². The van der Waals surface area contributed by atoms with Gasteiger partial charge in [0, 0.05) is 21.2 Å². The van der Waals surface area contributed by atoms with Crippen LogP contribution in [0, 0.1) is 0 Å². The highest BCUT2D eigenvalue weighted by molar-refractivity contribution is 6.76. The van der Waals surface area contributed by atoms with Gasteiger partial charge in [-0.05, 0) is 23.7 Å². The fraction of sp³-hybridized carbons (Fsp3) is 0.500. The van der Waals surface area contributed by atoms with Crippen molar-refractivity contribution >= 4 is 19.2 Å². The quantitative estimate of drug-likeness (QED) is 0.656. The van der Waals surface area contributed by atoms with Gasteiger partial charge in [0.25, 0.3) is 0 Å². The van der Waals surface area contributed by atoms with Gasteiger partial charge >= 0.3 is 5.76 Å². The molecule has 0 unspecified atom stereocenters. The third-order valence-electron chi connectivity index (χ3n) is 3.19. The van der Waals surface area contributed by atoms with Crippen molar-refractivity contribution in [3.63, 3.8) is 0 Å². The molecular weight excluding hydrogens is 272 g/mol. The fourth-order valence-electron chi connectivity index (χ4n) is 1.89. The van der Waals surface area contributed by atoms with E-state index in [2.05, 4.69) is 19.6 Å². The van der Waals surface area contributed by atoms with Crippen LogP contribution in [0.25, 0.3) is 11.1 Å². The van der Waals surface area contributed by atoms with Gasteiger partial charge in [-0.1, -0.05) is 25.7 Å². The number of ether oxygens (including phenoxy) is 1. The average Bonchev–Trinajstić information content (AvgIpc) is 2.68. The van der Waals surface area contributed by atoms with E-state index in [1.165, 1.54) is 4.57 Å². The number of aromatic nitrogens is 1. The number of hydrogen-bond donors (Lipinski definition) is 1. The Balaban J connectivity index is 2.10. The highest BCUT2D eigenvalue weighted by Crippen LogP contribution is 2.15. The van der Waals surface area contributed by atoms with Gasteiger partial charge in [-0.3, -0.25) is 0 Å². The first-order valence-corrected chi connectivity index (χ1v) is 10.5. The van der Waals surface area contributed by atoms with Crippen molar-refractivity contribution in [1.29, 1.82) is 0 Å². The van der Waals surface area contributed by atoms with Crippen LogP contribution in [0.3, 0.4) is 0 Å². The van der Waals surface area contributed by atoms with Crippen LogP contribution in [0.4, 0.5) is 0 Å². The summed E-state index contributed by atoms with van der Waals surface area (Å²) in [5.41, 5.74) is 7.83. The van der Waals surface area contributed by atoms with Crippen molar-refractivity contribution < 1.29 is 9.15 Å². The topological polar surface area (TPSA) is 70.4 Å². The molecule has 0 saturated heterocycles. The zero-order valence-corrected chi connectivity index (χ0v) is 13.3. The van der Waals surface area contributed by atoms with Gasteiger partial charge in [-0.25, -0.2) is 9.36 Å². The maximum atomic E-state index is 11.8. The Morgan fingerprint density at radius 3 is 2.75 bits per heavy atom. The zero-order chi connectivity index (χ0) is 14.8. The Labute approximate surface area is 119 Å². The van der Waals surface area contributed by atoms with E-state index >= 15 is 0 Å². The van der Waals surface area contributed by atoms with Crippen LogP contribution in [-0.4, -0.2) is 19.2 Å². The summed E-state index contributed by atoms with van der Waals surface area (Å²) in [6.07, 6.45) is 0. The number of benzene rings is 1. The summed E-state index contributed by atoms with van der Waals surface area (Å²) < 4.78 is 12.3. The molecule has 0 radical (unpaired) electrons. The number of oxazole rings is 1. The molecule has 5 nitrogen and oxygen atoms in total. The summed E-state index contributed by atoms with van der Waals surface area (Å²) in [5.74, 6) is -0.387. The molecule has 0 atom stereocenters.